The zero-order chi connectivity index (χ0) is 19.4. The fraction of sp³-hybridized carbons (Fsp3) is 0.235. The van der Waals surface area contributed by atoms with Gasteiger partial charge < -0.3 is 4.74 Å². The van der Waals surface area contributed by atoms with Crippen molar-refractivity contribution in [3.05, 3.63) is 51.2 Å². The van der Waals surface area contributed by atoms with Crippen LogP contribution >= 0.6 is 22.9 Å². The average Bonchev–Trinajstić information content (AvgIpc) is 3.18. The predicted molar refractivity (Wildman–Crippen MR) is 102 cm³/mol. The van der Waals surface area contributed by atoms with Crippen molar-refractivity contribution in [3.63, 3.8) is 0 Å². The number of amidine groups is 1. The van der Waals surface area contributed by atoms with E-state index in [2.05, 4.69) is 9.71 Å². The number of aliphatic imine (C=N–C) groups is 1. The van der Waals surface area contributed by atoms with Crippen LogP contribution in [-0.2, 0) is 19.6 Å². The Morgan fingerprint density at radius 3 is 2.70 bits per heavy atom. The third-order valence-electron chi connectivity index (χ3n) is 3.68. The SMILES string of the molecule is O=C(CCCN=C1NS(=O)(=O)c2ccccc21)OCC(=O)c1ccc(Cl)s1. The fourth-order valence-electron chi connectivity index (χ4n) is 2.42. The van der Waals surface area contributed by atoms with Crippen molar-refractivity contribution < 1.29 is 22.7 Å². The minimum absolute atomic E-state index is 0.0731. The number of nitrogens with zero attached hydrogens (tertiary/aromatic N) is 1. The number of hydrogen-bond donors (Lipinski definition) is 1. The van der Waals surface area contributed by atoms with Crippen molar-refractivity contribution in [2.45, 2.75) is 17.7 Å². The fourth-order valence-corrected chi connectivity index (χ4v) is 4.64. The molecule has 0 fully saturated rings. The minimum Gasteiger partial charge on any atom is -0.457 e. The molecule has 2 aromatic rings. The highest BCUT2D eigenvalue weighted by molar-refractivity contribution is 7.90. The van der Waals surface area contributed by atoms with Crippen molar-refractivity contribution in [2.24, 2.45) is 4.99 Å². The van der Waals surface area contributed by atoms with Crippen LogP contribution in [0.5, 0.6) is 0 Å². The van der Waals surface area contributed by atoms with Crippen molar-refractivity contribution in [3.8, 4) is 0 Å². The first-order chi connectivity index (χ1) is 12.9. The second-order valence-corrected chi connectivity index (χ2v) is 8.99. The number of nitrogens with one attached hydrogen (secondary N) is 1. The Balaban J connectivity index is 1.46. The lowest BCUT2D eigenvalue weighted by atomic mass is 10.2. The van der Waals surface area contributed by atoms with Crippen molar-refractivity contribution >= 4 is 50.5 Å². The summed E-state index contributed by atoms with van der Waals surface area (Å²) in [6, 6.07) is 9.74. The smallest absolute Gasteiger partial charge is 0.306 e. The standard InChI is InChI=1S/C17H15ClN2O5S2/c18-15-8-7-13(26-15)12(21)10-25-16(22)6-3-9-19-17-11-4-1-2-5-14(11)27(23,24)20-17/h1-2,4-5,7-8H,3,6,9-10H2,(H,19,20). The van der Waals surface area contributed by atoms with E-state index in [1.165, 1.54) is 6.07 Å². The van der Waals surface area contributed by atoms with E-state index in [9.17, 15) is 18.0 Å². The van der Waals surface area contributed by atoms with Gasteiger partial charge in [0, 0.05) is 18.5 Å². The summed E-state index contributed by atoms with van der Waals surface area (Å²) in [5, 5.41) is 0. The molecule has 142 valence electrons. The van der Waals surface area contributed by atoms with Gasteiger partial charge in [0.2, 0.25) is 5.78 Å². The molecule has 0 unspecified atom stereocenters. The highest BCUT2D eigenvalue weighted by Gasteiger charge is 2.29. The molecule has 3 rings (SSSR count). The molecule has 0 saturated heterocycles. The van der Waals surface area contributed by atoms with Gasteiger partial charge in [0.05, 0.1) is 14.1 Å². The van der Waals surface area contributed by atoms with Gasteiger partial charge in [-0.25, -0.2) is 8.42 Å². The van der Waals surface area contributed by atoms with E-state index in [-0.39, 0.29) is 36.1 Å². The second-order valence-electron chi connectivity index (χ2n) is 5.62. The van der Waals surface area contributed by atoms with Gasteiger partial charge in [-0.2, -0.15) is 0 Å². The van der Waals surface area contributed by atoms with Gasteiger partial charge in [-0.1, -0.05) is 23.7 Å². The van der Waals surface area contributed by atoms with E-state index >= 15 is 0 Å². The molecular formula is C17H15ClN2O5S2. The zero-order valence-electron chi connectivity index (χ0n) is 14.0. The Hall–Kier alpha value is -2.23. The molecule has 0 atom stereocenters. The van der Waals surface area contributed by atoms with Crippen LogP contribution in [0.25, 0.3) is 0 Å². The average molecular weight is 427 g/mol. The maximum atomic E-state index is 12.0. The van der Waals surface area contributed by atoms with Crippen LogP contribution in [-0.4, -0.2) is 39.2 Å². The largest absolute Gasteiger partial charge is 0.457 e. The third kappa shape index (κ3) is 4.74. The molecule has 27 heavy (non-hydrogen) atoms. The molecule has 1 aliphatic heterocycles. The van der Waals surface area contributed by atoms with Crippen LogP contribution in [0.4, 0.5) is 0 Å². The molecule has 0 bridgehead atoms. The second kappa shape index (κ2) is 8.20. The number of fused-ring (bicyclic) bond motifs is 1. The molecule has 1 N–H and O–H groups in total. The third-order valence-corrected chi connectivity index (χ3v) is 6.35. The monoisotopic (exact) mass is 426 g/mol. The number of sulfonamides is 1. The number of halogens is 1. The van der Waals surface area contributed by atoms with Crippen molar-refractivity contribution in [2.75, 3.05) is 13.2 Å². The van der Waals surface area contributed by atoms with Gasteiger partial charge in [0.25, 0.3) is 10.0 Å². The van der Waals surface area contributed by atoms with Gasteiger partial charge in [-0.3, -0.25) is 19.3 Å². The highest BCUT2D eigenvalue weighted by atomic mass is 35.5. The highest BCUT2D eigenvalue weighted by Crippen LogP contribution is 2.23. The van der Waals surface area contributed by atoms with E-state index in [0.29, 0.717) is 21.2 Å². The zero-order valence-corrected chi connectivity index (χ0v) is 16.4. The van der Waals surface area contributed by atoms with Crippen LogP contribution in [0.3, 0.4) is 0 Å². The van der Waals surface area contributed by atoms with E-state index in [1.54, 1.807) is 30.3 Å². The summed E-state index contributed by atoms with van der Waals surface area (Å²) >= 11 is 6.89. The molecule has 10 heteroatoms. The van der Waals surface area contributed by atoms with E-state index in [4.69, 9.17) is 16.3 Å². The molecule has 0 amide bonds. The Kier molecular flexibility index (Phi) is 5.93. The molecular weight excluding hydrogens is 412 g/mol. The van der Waals surface area contributed by atoms with Gasteiger partial charge in [0.15, 0.2) is 6.61 Å². The van der Waals surface area contributed by atoms with E-state index in [1.807, 2.05) is 0 Å². The lowest BCUT2D eigenvalue weighted by Gasteiger charge is -2.03. The number of rotatable bonds is 7. The van der Waals surface area contributed by atoms with E-state index in [0.717, 1.165) is 11.3 Å². The molecule has 1 aliphatic rings. The number of ketones is 1. The maximum Gasteiger partial charge on any atom is 0.306 e. The normalized spacial score (nSPS) is 16.0. The first kappa shape index (κ1) is 19.5. The first-order valence-corrected chi connectivity index (χ1v) is 10.7. The minimum atomic E-state index is -3.57. The number of benzene rings is 1. The molecule has 0 spiro atoms. The summed E-state index contributed by atoms with van der Waals surface area (Å²) in [5.74, 6) is -0.556. The Morgan fingerprint density at radius 1 is 1.19 bits per heavy atom. The molecule has 0 radical (unpaired) electrons. The quantitative estimate of drug-likeness (QED) is 0.416. The maximum absolute atomic E-state index is 12.0. The summed E-state index contributed by atoms with van der Waals surface area (Å²) < 4.78 is 31.8. The first-order valence-electron chi connectivity index (χ1n) is 7.97. The lowest BCUT2D eigenvalue weighted by molar-refractivity contribution is -0.142. The molecule has 2 heterocycles. The summed E-state index contributed by atoms with van der Waals surface area (Å²) in [7, 11) is -3.57. The van der Waals surface area contributed by atoms with Crippen LogP contribution in [0.15, 0.2) is 46.3 Å². The van der Waals surface area contributed by atoms with Crippen molar-refractivity contribution in [1.82, 2.24) is 4.72 Å². The van der Waals surface area contributed by atoms with Crippen LogP contribution < -0.4 is 4.72 Å². The number of carbonyl (C=O) groups excluding carboxylic acids is 2. The Bertz CT molecular complexity index is 1010. The number of ether oxygens (including phenoxy) is 1. The van der Waals surface area contributed by atoms with Gasteiger partial charge >= 0.3 is 5.97 Å². The topological polar surface area (TPSA) is 102 Å². The molecule has 1 aromatic carbocycles. The van der Waals surface area contributed by atoms with Gasteiger partial charge in [-0.15, -0.1) is 11.3 Å². The predicted octanol–water partition coefficient (Wildman–Crippen LogP) is 2.65. The van der Waals surface area contributed by atoms with Crippen LogP contribution in [0.2, 0.25) is 4.34 Å². The summed E-state index contributed by atoms with van der Waals surface area (Å²) in [6.45, 7) is -0.0901. The van der Waals surface area contributed by atoms with Gasteiger partial charge in [0.1, 0.15) is 5.84 Å². The van der Waals surface area contributed by atoms with E-state index < -0.39 is 16.0 Å². The Morgan fingerprint density at radius 2 is 1.96 bits per heavy atom. The lowest BCUT2D eigenvalue weighted by Crippen LogP contribution is -2.22. The van der Waals surface area contributed by atoms with Gasteiger partial charge in [-0.05, 0) is 30.7 Å². The number of carbonyl (C=O) groups is 2. The molecule has 0 saturated carbocycles. The van der Waals surface area contributed by atoms with Crippen LogP contribution in [0, 0.1) is 0 Å². The number of Topliss-reactive ketones (excluding diaryl/α,β-unsaturated/α-hetero) is 1. The summed E-state index contributed by atoms with van der Waals surface area (Å²) in [4.78, 5) is 28.4. The Labute approximate surface area is 165 Å². The summed E-state index contributed by atoms with van der Waals surface area (Å²) in [5.41, 5.74) is 0.514. The number of hydrogen-bond acceptors (Lipinski definition) is 7. The van der Waals surface area contributed by atoms with Crippen LogP contribution in [0.1, 0.15) is 28.1 Å². The molecule has 0 aliphatic carbocycles. The van der Waals surface area contributed by atoms with Crippen molar-refractivity contribution in [1.29, 1.82) is 0 Å². The molecule has 7 nitrogen and oxygen atoms in total. The number of esters is 1. The number of thiophene rings is 1. The molecule has 1 aromatic heterocycles. The summed E-state index contributed by atoms with van der Waals surface area (Å²) in [6.07, 6.45) is 0.439.